The molecule has 0 aliphatic carbocycles. The lowest BCUT2D eigenvalue weighted by molar-refractivity contribution is -0.144. The van der Waals surface area contributed by atoms with Crippen LogP contribution in [0.4, 0.5) is 0 Å². The molecule has 5 nitrogen and oxygen atoms in total. The summed E-state index contributed by atoms with van der Waals surface area (Å²) in [5, 5.41) is 3.21. The van der Waals surface area contributed by atoms with Crippen LogP contribution in [0.2, 0.25) is 0 Å². The average Bonchev–Trinajstić information content (AvgIpc) is 3.05. The van der Waals surface area contributed by atoms with Crippen LogP contribution in [0, 0.1) is 5.92 Å². The fraction of sp³-hybridized carbons (Fsp3) is 0.588. The highest BCUT2D eigenvalue weighted by Crippen LogP contribution is 2.19. The second kappa shape index (κ2) is 9.23. The van der Waals surface area contributed by atoms with Crippen LogP contribution >= 0.6 is 12.4 Å². The van der Waals surface area contributed by atoms with Crippen molar-refractivity contribution in [3.8, 4) is 0 Å². The van der Waals surface area contributed by atoms with Crippen molar-refractivity contribution >= 4 is 18.3 Å². The van der Waals surface area contributed by atoms with E-state index in [0.717, 1.165) is 26.1 Å². The summed E-state index contributed by atoms with van der Waals surface area (Å²) in [6.07, 6.45) is 0.707. The van der Waals surface area contributed by atoms with Crippen LogP contribution in [0.3, 0.4) is 0 Å². The number of ether oxygens (including phenoxy) is 2. The van der Waals surface area contributed by atoms with Gasteiger partial charge in [-0.25, -0.2) is 0 Å². The molecule has 2 atom stereocenters. The summed E-state index contributed by atoms with van der Waals surface area (Å²) >= 11 is 0. The summed E-state index contributed by atoms with van der Waals surface area (Å²) < 4.78 is 11.3. The topological polar surface area (TPSA) is 50.8 Å². The number of hydrogen-bond acceptors (Lipinski definition) is 4. The van der Waals surface area contributed by atoms with Crippen LogP contribution in [0.15, 0.2) is 30.3 Å². The molecule has 2 aliphatic rings. The van der Waals surface area contributed by atoms with E-state index in [9.17, 15) is 4.79 Å². The van der Waals surface area contributed by atoms with Gasteiger partial charge in [0.2, 0.25) is 0 Å². The number of carbonyl (C=O) groups excluding carboxylic acids is 1. The van der Waals surface area contributed by atoms with Crippen LogP contribution in [0.25, 0.3) is 0 Å². The molecule has 1 amide bonds. The van der Waals surface area contributed by atoms with Crippen molar-refractivity contribution < 1.29 is 14.3 Å². The Morgan fingerprint density at radius 2 is 2.17 bits per heavy atom. The van der Waals surface area contributed by atoms with E-state index in [1.54, 1.807) is 0 Å². The summed E-state index contributed by atoms with van der Waals surface area (Å²) in [5.41, 5.74) is 1.19. The van der Waals surface area contributed by atoms with Gasteiger partial charge in [-0.2, -0.15) is 0 Å². The van der Waals surface area contributed by atoms with Gasteiger partial charge in [0, 0.05) is 32.1 Å². The molecule has 2 saturated heterocycles. The number of benzene rings is 1. The molecule has 2 heterocycles. The lowest BCUT2D eigenvalue weighted by Crippen LogP contribution is -2.48. The number of nitrogens with one attached hydrogen (secondary N) is 1. The van der Waals surface area contributed by atoms with Crippen molar-refractivity contribution in [3.05, 3.63) is 35.9 Å². The molecule has 0 radical (unpaired) electrons. The highest BCUT2D eigenvalue weighted by Gasteiger charge is 2.32. The third-order valence-corrected chi connectivity index (χ3v) is 4.27. The van der Waals surface area contributed by atoms with E-state index in [0.29, 0.717) is 32.3 Å². The maximum Gasteiger partial charge on any atom is 0.253 e. The first-order valence-electron chi connectivity index (χ1n) is 8.05. The van der Waals surface area contributed by atoms with Gasteiger partial charge in [0.15, 0.2) is 0 Å². The largest absolute Gasteiger partial charge is 0.376 e. The Bertz CT molecular complexity index is 480. The molecule has 1 N–H and O–H groups in total. The second-order valence-corrected chi connectivity index (χ2v) is 6.00. The van der Waals surface area contributed by atoms with E-state index in [1.165, 1.54) is 5.56 Å². The quantitative estimate of drug-likeness (QED) is 0.881. The van der Waals surface area contributed by atoms with Gasteiger partial charge in [-0.05, 0) is 12.0 Å². The zero-order valence-corrected chi connectivity index (χ0v) is 14.1. The molecule has 128 valence electrons. The zero-order valence-electron chi connectivity index (χ0n) is 13.3. The number of amides is 1. The first-order valence-corrected chi connectivity index (χ1v) is 8.05. The van der Waals surface area contributed by atoms with Crippen molar-refractivity contribution in [2.24, 2.45) is 5.92 Å². The number of hydrogen-bond donors (Lipinski definition) is 1. The molecule has 23 heavy (non-hydrogen) atoms. The van der Waals surface area contributed by atoms with E-state index >= 15 is 0 Å². The number of rotatable bonds is 5. The maximum absolute atomic E-state index is 12.4. The Morgan fingerprint density at radius 3 is 2.91 bits per heavy atom. The first kappa shape index (κ1) is 18.2. The summed E-state index contributed by atoms with van der Waals surface area (Å²) in [6, 6.07) is 10.2. The summed E-state index contributed by atoms with van der Waals surface area (Å²) in [7, 11) is 0. The minimum absolute atomic E-state index is 0. The van der Waals surface area contributed by atoms with Crippen LogP contribution < -0.4 is 5.32 Å². The molecule has 2 unspecified atom stereocenters. The van der Waals surface area contributed by atoms with Crippen molar-refractivity contribution in [2.45, 2.75) is 19.1 Å². The molecule has 1 aromatic carbocycles. The molecule has 3 rings (SSSR count). The molecule has 6 heteroatoms. The molecular weight excluding hydrogens is 316 g/mol. The van der Waals surface area contributed by atoms with Gasteiger partial charge in [0.05, 0.1) is 19.8 Å². The normalized spacial score (nSPS) is 24.3. The van der Waals surface area contributed by atoms with Crippen molar-refractivity contribution in [2.75, 3.05) is 39.4 Å². The highest BCUT2D eigenvalue weighted by atomic mass is 35.5. The van der Waals surface area contributed by atoms with Crippen LogP contribution in [-0.4, -0.2) is 56.3 Å². The van der Waals surface area contributed by atoms with Gasteiger partial charge in [-0.3, -0.25) is 4.79 Å². The summed E-state index contributed by atoms with van der Waals surface area (Å²) in [6.45, 7) is 5.03. The molecule has 0 aromatic heterocycles. The van der Waals surface area contributed by atoms with Gasteiger partial charge in [0.25, 0.3) is 5.91 Å². The maximum atomic E-state index is 12.4. The van der Waals surface area contributed by atoms with E-state index in [1.807, 2.05) is 23.1 Å². The standard InChI is InChI=1S/C17H24N2O3.ClH/c20-17(16-10-18-7-9-22-16)19-8-6-15(11-19)13-21-12-14-4-2-1-3-5-14;/h1-5,15-16,18H,6-13H2;1H. The smallest absolute Gasteiger partial charge is 0.253 e. The fourth-order valence-corrected chi connectivity index (χ4v) is 3.01. The zero-order chi connectivity index (χ0) is 15.2. The van der Waals surface area contributed by atoms with Crippen molar-refractivity contribution in [3.63, 3.8) is 0 Å². The Balaban J connectivity index is 0.00000192. The molecule has 0 saturated carbocycles. The molecule has 0 spiro atoms. The number of nitrogens with zero attached hydrogens (tertiary/aromatic N) is 1. The minimum Gasteiger partial charge on any atom is -0.376 e. The van der Waals surface area contributed by atoms with Crippen molar-refractivity contribution in [1.82, 2.24) is 10.2 Å². The van der Waals surface area contributed by atoms with Crippen LogP contribution in [0.1, 0.15) is 12.0 Å². The summed E-state index contributed by atoms with van der Waals surface area (Å²) in [5.74, 6) is 0.557. The van der Waals surface area contributed by atoms with Crippen molar-refractivity contribution in [1.29, 1.82) is 0 Å². The number of morpholine rings is 1. The van der Waals surface area contributed by atoms with Crippen LogP contribution in [0.5, 0.6) is 0 Å². The minimum atomic E-state index is -0.308. The Kier molecular flexibility index (Phi) is 7.30. The average molecular weight is 341 g/mol. The number of likely N-dealkylation sites (tertiary alicyclic amines) is 1. The Morgan fingerprint density at radius 1 is 1.35 bits per heavy atom. The molecule has 0 bridgehead atoms. The van der Waals surface area contributed by atoms with E-state index < -0.39 is 0 Å². The van der Waals surface area contributed by atoms with E-state index in [2.05, 4.69) is 17.4 Å². The number of carbonyl (C=O) groups is 1. The summed E-state index contributed by atoms with van der Waals surface area (Å²) in [4.78, 5) is 14.3. The molecule has 1 aromatic rings. The van der Waals surface area contributed by atoms with Gasteiger partial charge in [0.1, 0.15) is 6.10 Å². The van der Waals surface area contributed by atoms with Gasteiger partial charge < -0.3 is 19.7 Å². The number of halogens is 1. The molecule has 2 fully saturated rings. The lowest BCUT2D eigenvalue weighted by atomic mass is 10.1. The van der Waals surface area contributed by atoms with E-state index in [-0.39, 0.29) is 24.4 Å². The Hall–Kier alpha value is -1.14. The van der Waals surface area contributed by atoms with Gasteiger partial charge in [-0.15, -0.1) is 12.4 Å². The Labute approximate surface area is 143 Å². The third kappa shape index (κ3) is 5.18. The van der Waals surface area contributed by atoms with Gasteiger partial charge >= 0.3 is 0 Å². The monoisotopic (exact) mass is 340 g/mol. The van der Waals surface area contributed by atoms with Crippen LogP contribution in [-0.2, 0) is 20.9 Å². The lowest BCUT2D eigenvalue weighted by Gasteiger charge is -2.27. The predicted octanol–water partition coefficient (Wildman–Crippen LogP) is 1.46. The molecule has 2 aliphatic heterocycles. The fourth-order valence-electron chi connectivity index (χ4n) is 3.01. The first-order chi connectivity index (χ1) is 10.8. The predicted molar refractivity (Wildman–Crippen MR) is 90.6 cm³/mol. The van der Waals surface area contributed by atoms with Gasteiger partial charge in [-0.1, -0.05) is 30.3 Å². The second-order valence-electron chi connectivity index (χ2n) is 6.00. The van der Waals surface area contributed by atoms with E-state index in [4.69, 9.17) is 9.47 Å². The highest BCUT2D eigenvalue weighted by molar-refractivity contribution is 5.85. The SMILES string of the molecule is Cl.O=C(C1CNCCO1)N1CCC(COCc2ccccc2)C1. The third-order valence-electron chi connectivity index (χ3n) is 4.27. The molecular formula is C17H25ClN2O3.